The van der Waals surface area contributed by atoms with Crippen molar-refractivity contribution in [2.75, 3.05) is 38.4 Å². The molecule has 0 bridgehead atoms. The summed E-state index contributed by atoms with van der Waals surface area (Å²) in [5, 5.41) is 8.57. The van der Waals surface area contributed by atoms with E-state index in [-0.39, 0.29) is 0 Å². The molecule has 2 rings (SSSR count). The third-order valence-corrected chi connectivity index (χ3v) is 5.25. The Kier molecular flexibility index (Phi) is 8.41. The Bertz CT molecular complexity index is 663. The lowest BCUT2D eigenvalue weighted by atomic mass is 10.2. The van der Waals surface area contributed by atoms with Crippen molar-refractivity contribution in [3.05, 3.63) is 29.8 Å². The van der Waals surface area contributed by atoms with E-state index in [1.165, 1.54) is 0 Å². The van der Waals surface area contributed by atoms with Gasteiger partial charge in [-0.15, -0.1) is 11.3 Å². The fourth-order valence-corrected chi connectivity index (χ4v) is 3.70. The van der Waals surface area contributed by atoms with Crippen LogP contribution in [0, 0.1) is 0 Å². The molecule has 136 valence electrons. The van der Waals surface area contributed by atoms with E-state index in [2.05, 4.69) is 20.6 Å². The second-order valence-electron chi connectivity index (χ2n) is 4.92. The maximum atomic E-state index is 5.53. The van der Waals surface area contributed by atoms with E-state index in [1.807, 2.05) is 36.7 Å². The number of guanidine groups is 1. The Morgan fingerprint density at radius 1 is 1.36 bits per heavy atom. The number of benzene rings is 1. The zero-order valence-electron chi connectivity index (χ0n) is 14.7. The molecule has 0 radical (unpaired) electrons. The number of hydrogen-bond acceptors (Lipinski definition) is 6. The third-order valence-electron chi connectivity index (χ3n) is 3.20. The maximum absolute atomic E-state index is 5.53. The lowest BCUT2D eigenvalue weighted by Crippen LogP contribution is -2.31. The van der Waals surface area contributed by atoms with Gasteiger partial charge in [-0.25, -0.2) is 4.98 Å². The average molecular weight is 381 g/mol. The molecule has 0 saturated heterocycles. The molecule has 6 nitrogen and oxygen atoms in total. The molecule has 1 heterocycles. The molecule has 0 aliphatic heterocycles. The summed E-state index contributed by atoms with van der Waals surface area (Å²) in [7, 11) is 3.39. The van der Waals surface area contributed by atoms with E-state index < -0.39 is 0 Å². The highest BCUT2D eigenvalue weighted by Gasteiger charge is 2.07. The number of rotatable bonds is 9. The Hall–Kier alpha value is -1.93. The second kappa shape index (κ2) is 10.8. The van der Waals surface area contributed by atoms with Gasteiger partial charge in [-0.2, -0.15) is 0 Å². The molecule has 0 unspecified atom stereocenters. The first-order chi connectivity index (χ1) is 12.3. The van der Waals surface area contributed by atoms with Crippen molar-refractivity contribution in [2.45, 2.75) is 17.7 Å². The first-order valence-electron chi connectivity index (χ1n) is 8.07. The van der Waals surface area contributed by atoms with Crippen LogP contribution >= 0.6 is 23.1 Å². The van der Waals surface area contributed by atoms with E-state index in [0.29, 0.717) is 12.4 Å². The molecule has 0 amide bonds. The molecule has 2 aromatic rings. The zero-order valence-corrected chi connectivity index (χ0v) is 16.4. The Morgan fingerprint density at radius 2 is 2.24 bits per heavy atom. The van der Waals surface area contributed by atoms with Crippen LogP contribution in [0.25, 0.3) is 0 Å². The van der Waals surface area contributed by atoms with E-state index in [1.54, 1.807) is 37.3 Å². The van der Waals surface area contributed by atoms with Gasteiger partial charge in [0.25, 0.3) is 0 Å². The first-order valence-corrected chi connectivity index (χ1v) is 9.94. The molecule has 8 heteroatoms. The number of aromatic nitrogens is 1. The Balaban J connectivity index is 1.79. The summed E-state index contributed by atoms with van der Waals surface area (Å²) < 4.78 is 12.0. The molecule has 1 aromatic carbocycles. The van der Waals surface area contributed by atoms with Gasteiger partial charge in [0, 0.05) is 42.7 Å². The standard InChI is InChI=1S/C17H24N4O2S2/c1-4-23-14-7-6-13(12-15(14)22-3)21-16(18-2)19-8-5-10-24-17-20-9-11-25-17/h6-7,9,11-12H,4-5,8,10H2,1-3H3,(H2,18,19,21). The molecule has 0 saturated carbocycles. The second-order valence-corrected chi connectivity index (χ2v) is 7.16. The number of methoxy groups -OCH3 is 1. The van der Waals surface area contributed by atoms with Crippen molar-refractivity contribution in [2.24, 2.45) is 4.99 Å². The van der Waals surface area contributed by atoms with Gasteiger partial charge in [-0.05, 0) is 25.5 Å². The maximum Gasteiger partial charge on any atom is 0.195 e. The highest BCUT2D eigenvalue weighted by molar-refractivity contribution is 8.00. The third kappa shape index (κ3) is 6.47. The van der Waals surface area contributed by atoms with Gasteiger partial charge in [0.2, 0.25) is 0 Å². The van der Waals surface area contributed by atoms with Crippen LogP contribution < -0.4 is 20.1 Å². The van der Waals surface area contributed by atoms with E-state index in [0.717, 1.165) is 40.5 Å². The zero-order chi connectivity index (χ0) is 17.9. The van der Waals surface area contributed by atoms with E-state index in [9.17, 15) is 0 Å². The van der Waals surface area contributed by atoms with E-state index >= 15 is 0 Å². The van der Waals surface area contributed by atoms with Gasteiger partial charge in [0.1, 0.15) is 4.34 Å². The summed E-state index contributed by atoms with van der Waals surface area (Å²) in [6.45, 7) is 3.39. The minimum absolute atomic E-state index is 0.603. The van der Waals surface area contributed by atoms with Gasteiger partial charge < -0.3 is 20.1 Å². The van der Waals surface area contributed by atoms with Crippen molar-refractivity contribution in [1.29, 1.82) is 0 Å². The number of hydrogen-bond donors (Lipinski definition) is 2. The summed E-state index contributed by atoms with van der Waals surface area (Å²) in [6.07, 6.45) is 2.86. The molecule has 0 spiro atoms. The van der Waals surface area contributed by atoms with Crippen LogP contribution in [0.3, 0.4) is 0 Å². The summed E-state index contributed by atoms with van der Waals surface area (Å²) in [5.41, 5.74) is 0.894. The number of nitrogens with one attached hydrogen (secondary N) is 2. The SMILES string of the molecule is CCOc1ccc(NC(=NC)NCCCSc2nccs2)cc1OC. The average Bonchev–Trinajstić information content (AvgIpc) is 3.15. The lowest BCUT2D eigenvalue weighted by Gasteiger charge is -2.14. The molecular weight excluding hydrogens is 356 g/mol. The van der Waals surface area contributed by atoms with Crippen LogP contribution in [-0.4, -0.2) is 44.0 Å². The van der Waals surface area contributed by atoms with Crippen molar-refractivity contribution in [3.63, 3.8) is 0 Å². The fourth-order valence-electron chi connectivity index (χ4n) is 2.06. The molecule has 0 fully saturated rings. The minimum Gasteiger partial charge on any atom is -0.493 e. The number of thioether (sulfide) groups is 1. The van der Waals surface area contributed by atoms with Crippen molar-refractivity contribution >= 4 is 34.7 Å². The number of nitrogens with zero attached hydrogens (tertiary/aromatic N) is 2. The summed E-state index contributed by atoms with van der Waals surface area (Å²) in [6, 6.07) is 5.73. The van der Waals surface area contributed by atoms with Crippen LogP contribution in [-0.2, 0) is 0 Å². The van der Waals surface area contributed by atoms with Gasteiger partial charge in [0.05, 0.1) is 13.7 Å². The van der Waals surface area contributed by atoms with Crippen molar-refractivity contribution < 1.29 is 9.47 Å². The predicted molar refractivity (Wildman–Crippen MR) is 107 cm³/mol. The first kappa shape index (κ1) is 19.4. The van der Waals surface area contributed by atoms with Crippen LogP contribution in [0.4, 0.5) is 5.69 Å². The van der Waals surface area contributed by atoms with Gasteiger partial charge in [0.15, 0.2) is 17.5 Å². The number of thiazole rings is 1. The topological polar surface area (TPSA) is 67.8 Å². The Morgan fingerprint density at radius 3 is 2.92 bits per heavy atom. The molecule has 0 atom stereocenters. The van der Waals surface area contributed by atoms with Crippen LogP contribution in [0.5, 0.6) is 11.5 Å². The number of aliphatic imine (C=N–C) groups is 1. The summed E-state index contributed by atoms with van der Waals surface area (Å²) in [4.78, 5) is 8.51. The number of anilines is 1. The summed E-state index contributed by atoms with van der Waals surface area (Å²) in [5.74, 6) is 3.18. The number of ether oxygens (including phenoxy) is 2. The van der Waals surface area contributed by atoms with Crippen LogP contribution in [0.1, 0.15) is 13.3 Å². The fraction of sp³-hybridized carbons (Fsp3) is 0.412. The lowest BCUT2D eigenvalue weighted by molar-refractivity contribution is 0.311. The van der Waals surface area contributed by atoms with Crippen molar-refractivity contribution in [1.82, 2.24) is 10.3 Å². The van der Waals surface area contributed by atoms with Crippen LogP contribution in [0.15, 0.2) is 39.1 Å². The van der Waals surface area contributed by atoms with Crippen molar-refractivity contribution in [3.8, 4) is 11.5 Å². The monoisotopic (exact) mass is 380 g/mol. The summed E-state index contributed by atoms with van der Waals surface area (Å²) >= 11 is 3.45. The largest absolute Gasteiger partial charge is 0.493 e. The van der Waals surface area contributed by atoms with Gasteiger partial charge in [-0.3, -0.25) is 4.99 Å². The highest BCUT2D eigenvalue weighted by Crippen LogP contribution is 2.30. The van der Waals surface area contributed by atoms with Gasteiger partial charge >= 0.3 is 0 Å². The molecular formula is C17H24N4O2S2. The van der Waals surface area contributed by atoms with Crippen LogP contribution in [0.2, 0.25) is 0 Å². The normalized spacial score (nSPS) is 11.2. The minimum atomic E-state index is 0.603. The van der Waals surface area contributed by atoms with Gasteiger partial charge in [-0.1, -0.05) is 11.8 Å². The van der Waals surface area contributed by atoms with E-state index in [4.69, 9.17) is 9.47 Å². The quantitative estimate of drug-likeness (QED) is 0.299. The molecule has 1 aromatic heterocycles. The Labute approximate surface area is 157 Å². The highest BCUT2D eigenvalue weighted by atomic mass is 32.2. The predicted octanol–water partition coefficient (Wildman–Crippen LogP) is 3.72. The molecule has 2 N–H and O–H groups in total. The smallest absolute Gasteiger partial charge is 0.195 e. The molecule has 25 heavy (non-hydrogen) atoms. The molecule has 0 aliphatic rings. The molecule has 0 aliphatic carbocycles.